The van der Waals surface area contributed by atoms with Crippen molar-refractivity contribution in [1.29, 1.82) is 0 Å². The van der Waals surface area contributed by atoms with E-state index in [0.29, 0.717) is 11.6 Å². The van der Waals surface area contributed by atoms with E-state index in [1.165, 1.54) is 5.56 Å². The highest BCUT2D eigenvalue weighted by atomic mass is 35.5. The maximum atomic E-state index is 6.11. The Balaban J connectivity index is 1.57. The zero-order valence-corrected chi connectivity index (χ0v) is 15.7. The molecule has 134 valence electrons. The molecule has 0 aliphatic carbocycles. The van der Waals surface area contributed by atoms with Crippen LogP contribution in [-0.4, -0.2) is 4.98 Å². The maximum absolute atomic E-state index is 6.11. The molecule has 0 unspecified atom stereocenters. The van der Waals surface area contributed by atoms with Gasteiger partial charge in [-0.05, 0) is 55.0 Å². The molecule has 0 saturated heterocycles. The second-order valence-electron chi connectivity index (χ2n) is 6.40. The summed E-state index contributed by atoms with van der Waals surface area (Å²) in [6, 6.07) is 23.8. The smallest absolute Gasteiger partial charge is 0.132 e. The minimum absolute atomic E-state index is 0.643. The summed E-state index contributed by atoms with van der Waals surface area (Å²) < 4.78 is 6.11. The Morgan fingerprint density at radius 3 is 2.74 bits per heavy atom. The highest BCUT2D eigenvalue weighted by Crippen LogP contribution is 2.28. The van der Waals surface area contributed by atoms with Crippen molar-refractivity contribution in [3.63, 3.8) is 0 Å². The molecule has 3 aromatic carbocycles. The molecule has 1 aromatic heterocycles. The number of nitrogens with one attached hydrogen (secondary N) is 1. The van der Waals surface area contributed by atoms with Crippen molar-refractivity contribution in [3.8, 4) is 11.5 Å². The van der Waals surface area contributed by atoms with E-state index in [1.807, 2.05) is 60.7 Å². The summed E-state index contributed by atoms with van der Waals surface area (Å²) in [5.74, 6) is 1.68. The van der Waals surface area contributed by atoms with Crippen molar-refractivity contribution in [2.75, 3.05) is 5.32 Å². The molecule has 4 heteroatoms. The molecular formula is C23H19ClN2O. The number of para-hydroxylation sites is 1. The second kappa shape index (κ2) is 7.68. The lowest BCUT2D eigenvalue weighted by atomic mass is 10.1. The van der Waals surface area contributed by atoms with Crippen molar-refractivity contribution in [1.82, 2.24) is 4.98 Å². The lowest BCUT2D eigenvalue weighted by Crippen LogP contribution is -2.02. The van der Waals surface area contributed by atoms with E-state index in [2.05, 4.69) is 29.4 Å². The first kappa shape index (κ1) is 17.4. The Kier molecular flexibility index (Phi) is 4.95. The SMILES string of the molecule is Cc1cccc(Oc2ccccc2CNc2ccnc3cc(Cl)ccc23)c1. The third kappa shape index (κ3) is 4.04. The van der Waals surface area contributed by atoms with Crippen LogP contribution in [0.2, 0.25) is 5.02 Å². The van der Waals surface area contributed by atoms with Gasteiger partial charge in [0.1, 0.15) is 11.5 Å². The van der Waals surface area contributed by atoms with Crippen LogP contribution in [0.25, 0.3) is 10.9 Å². The predicted octanol–water partition coefficient (Wildman–Crippen LogP) is 6.60. The van der Waals surface area contributed by atoms with Gasteiger partial charge in [0.15, 0.2) is 0 Å². The standard InChI is InChI=1S/C23H19ClN2O/c1-16-5-4-7-19(13-16)27-23-8-3-2-6-17(23)15-26-21-11-12-25-22-14-18(24)9-10-20(21)22/h2-14H,15H2,1H3,(H,25,26). The van der Waals surface area contributed by atoms with E-state index in [9.17, 15) is 0 Å². The Morgan fingerprint density at radius 1 is 0.963 bits per heavy atom. The van der Waals surface area contributed by atoms with Gasteiger partial charge in [-0.3, -0.25) is 4.98 Å². The number of hydrogen-bond donors (Lipinski definition) is 1. The van der Waals surface area contributed by atoms with Gasteiger partial charge in [-0.2, -0.15) is 0 Å². The van der Waals surface area contributed by atoms with E-state index < -0.39 is 0 Å². The quantitative estimate of drug-likeness (QED) is 0.427. The number of pyridine rings is 1. The van der Waals surface area contributed by atoms with Crippen LogP contribution >= 0.6 is 11.6 Å². The summed E-state index contributed by atoms with van der Waals surface area (Å²) in [6.07, 6.45) is 1.79. The second-order valence-corrected chi connectivity index (χ2v) is 6.84. The molecule has 0 amide bonds. The molecule has 1 heterocycles. The van der Waals surface area contributed by atoms with Crippen molar-refractivity contribution in [2.24, 2.45) is 0 Å². The third-order valence-electron chi connectivity index (χ3n) is 4.36. The zero-order valence-electron chi connectivity index (χ0n) is 14.9. The summed E-state index contributed by atoms with van der Waals surface area (Å²) in [5.41, 5.74) is 4.14. The molecule has 0 bridgehead atoms. The first-order chi connectivity index (χ1) is 13.2. The van der Waals surface area contributed by atoms with Gasteiger partial charge in [0.2, 0.25) is 0 Å². The lowest BCUT2D eigenvalue weighted by Gasteiger charge is -2.14. The number of rotatable bonds is 5. The van der Waals surface area contributed by atoms with Crippen molar-refractivity contribution in [3.05, 3.63) is 95.1 Å². The number of aromatic nitrogens is 1. The Morgan fingerprint density at radius 2 is 1.85 bits per heavy atom. The van der Waals surface area contributed by atoms with Crippen LogP contribution in [0.1, 0.15) is 11.1 Å². The summed E-state index contributed by atoms with van der Waals surface area (Å²) in [7, 11) is 0. The number of anilines is 1. The normalized spacial score (nSPS) is 10.7. The highest BCUT2D eigenvalue weighted by Gasteiger charge is 2.07. The number of hydrogen-bond acceptors (Lipinski definition) is 3. The van der Waals surface area contributed by atoms with Crippen LogP contribution < -0.4 is 10.1 Å². The molecule has 0 spiro atoms. The number of nitrogens with zero attached hydrogens (tertiary/aromatic N) is 1. The van der Waals surface area contributed by atoms with E-state index in [0.717, 1.165) is 33.7 Å². The maximum Gasteiger partial charge on any atom is 0.132 e. The molecule has 0 atom stereocenters. The topological polar surface area (TPSA) is 34.1 Å². The van der Waals surface area contributed by atoms with Crippen LogP contribution in [0.4, 0.5) is 5.69 Å². The number of ether oxygens (including phenoxy) is 1. The molecule has 0 aliphatic rings. The molecular weight excluding hydrogens is 356 g/mol. The monoisotopic (exact) mass is 374 g/mol. The Labute approximate surface area is 163 Å². The fraction of sp³-hybridized carbons (Fsp3) is 0.0870. The van der Waals surface area contributed by atoms with Crippen LogP contribution in [-0.2, 0) is 6.54 Å². The summed E-state index contributed by atoms with van der Waals surface area (Å²) in [5, 5.41) is 5.22. The minimum atomic E-state index is 0.643. The van der Waals surface area contributed by atoms with Crippen LogP contribution in [0, 0.1) is 6.92 Å². The number of benzene rings is 3. The van der Waals surface area contributed by atoms with Gasteiger partial charge in [-0.15, -0.1) is 0 Å². The van der Waals surface area contributed by atoms with Crippen LogP contribution in [0.3, 0.4) is 0 Å². The number of fused-ring (bicyclic) bond motifs is 1. The fourth-order valence-electron chi connectivity index (χ4n) is 3.02. The van der Waals surface area contributed by atoms with Crippen LogP contribution in [0.15, 0.2) is 79.0 Å². The first-order valence-corrected chi connectivity index (χ1v) is 9.17. The van der Waals surface area contributed by atoms with Gasteiger partial charge >= 0.3 is 0 Å². The lowest BCUT2D eigenvalue weighted by molar-refractivity contribution is 0.476. The van der Waals surface area contributed by atoms with Gasteiger partial charge in [0.25, 0.3) is 0 Å². The molecule has 0 fully saturated rings. The molecule has 0 saturated carbocycles. The first-order valence-electron chi connectivity index (χ1n) is 8.79. The van der Waals surface area contributed by atoms with Gasteiger partial charge in [-0.25, -0.2) is 0 Å². The minimum Gasteiger partial charge on any atom is -0.457 e. The number of halogens is 1. The molecule has 0 radical (unpaired) electrons. The summed E-state index contributed by atoms with van der Waals surface area (Å²) in [4.78, 5) is 4.39. The summed E-state index contributed by atoms with van der Waals surface area (Å²) >= 11 is 6.08. The molecule has 0 aliphatic heterocycles. The van der Waals surface area contributed by atoms with E-state index in [4.69, 9.17) is 16.3 Å². The van der Waals surface area contributed by atoms with Crippen molar-refractivity contribution < 1.29 is 4.74 Å². The molecule has 4 rings (SSSR count). The predicted molar refractivity (Wildman–Crippen MR) is 112 cm³/mol. The van der Waals surface area contributed by atoms with Gasteiger partial charge < -0.3 is 10.1 Å². The van der Waals surface area contributed by atoms with Gasteiger partial charge in [-0.1, -0.05) is 41.9 Å². The van der Waals surface area contributed by atoms with Gasteiger partial charge in [0, 0.05) is 34.4 Å². The average Bonchev–Trinajstić information content (AvgIpc) is 2.67. The van der Waals surface area contributed by atoms with E-state index in [-0.39, 0.29) is 0 Å². The highest BCUT2D eigenvalue weighted by molar-refractivity contribution is 6.31. The zero-order chi connectivity index (χ0) is 18.6. The summed E-state index contributed by atoms with van der Waals surface area (Å²) in [6.45, 7) is 2.70. The Bertz CT molecular complexity index is 1090. The molecule has 3 nitrogen and oxygen atoms in total. The molecule has 4 aromatic rings. The largest absolute Gasteiger partial charge is 0.457 e. The molecule has 1 N–H and O–H groups in total. The van der Waals surface area contributed by atoms with Gasteiger partial charge in [0.05, 0.1) is 5.52 Å². The Hall–Kier alpha value is -3.04. The third-order valence-corrected chi connectivity index (χ3v) is 4.60. The van der Waals surface area contributed by atoms with Crippen molar-refractivity contribution >= 4 is 28.2 Å². The van der Waals surface area contributed by atoms with Crippen LogP contribution in [0.5, 0.6) is 11.5 Å². The fourth-order valence-corrected chi connectivity index (χ4v) is 3.19. The molecule has 27 heavy (non-hydrogen) atoms. The van der Waals surface area contributed by atoms with Crippen molar-refractivity contribution in [2.45, 2.75) is 13.5 Å². The number of aryl methyl sites for hydroxylation is 1. The average molecular weight is 375 g/mol. The van der Waals surface area contributed by atoms with E-state index >= 15 is 0 Å². The van der Waals surface area contributed by atoms with E-state index in [1.54, 1.807) is 6.20 Å².